The minimum atomic E-state index is -0.0450. The van der Waals surface area contributed by atoms with Gasteiger partial charge in [-0.3, -0.25) is 4.79 Å². The van der Waals surface area contributed by atoms with Gasteiger partial charge in [0.1, 0.15) is 12.4 Å². The largest absolute Gasteiger partial charge is 0.488 e. The Morgan fingerprint density at radius 1 is 0.581 bits per heavy atom. The van der Waals surface area contributed by atoms with E-state index in [-0.39, 0.29) is 5.91 Å². The third-order valence-electron chi connectivity index (χ3n) is 5.07. The fourth-order valence-corrected chi connectivity index (χ4v) is 3.48. The van der Waals surface area contributed by atoms with E-state index in [1.54, 1.807) is 0 Å². The highest BCUT2D eigenvalue weighted by atomic mass is 16.5. The number of nitrogens with zero attached hydrogens (tertiary/aromatic N) is 1. The van der Waals surface area contributed by atoms with Crippen LogP contribution in [0.25, 0.3) is 0 Å². The SMILES string of the molecule is O=C(c1ccccc1OCc1ccccc1)N(Cc1ccccc1)Cc1ccccc1. The zero-order chi connectivity index (χ0) is 21.3. The van der Waals surface area contributed by atoms with E-state index >= 15 is 0 Å². The summed E-state index contributed by atoms with van der Waals surface area (Å²) in [4.78, 5) is 15.5. The average molecular weight is 408 g/mol. The van der Waals surface area contributed by atoms with Crippen molar-refractivity contribution in [3.05, 3.63) is 138 Å². The third kappa shape index (κ3) is 5.61. The van der Waals surface area contributed by atoms with E-state index in [1.807, 2.05) is 120 Å². The van der Waals surface area contributed by atoms with Crippen LogP contribution in [0.15, 0.2) is 115 Å². The van der Waals surface area contributed by atoms with Gasteiger partial charge < -0.3 is 9.64 Å². The Bertz CT molecular complexity index is 1050. The van der Waals surface area contributed by atoms with Crippen LogP contribution in [0, 0.1) is 0 Å². The lowest BCUT2D eigenvalue weighted by atomic mass is 10.1. The molecule has 4 aromatic carbocycles. The lowest BCUT2D eigenvalue weighted by molar-refractivity contribution is 0.0725. The minimum absolute atomic E-state index is 0.0450. The average Bonchev–Trinajstić information content (AvgIpc) is 2.84. The maximum atomic E-state index is 13.6. The Kier molecular flexibility index (Phi) is 6.76. The summed E-state index contributed by atoms with van der Waals surface area (Å²) in [6.45, 7) is 1.48. The molecule has 0 saturated carbocycles. The highest BCUT2D eigenvalue weighted by Crippen LogP contribution is 2.23. The second-order valence-corrected chi connectivity index (χ2v) is 7.40. The monoisotopic (exact) mass is 407 g/mol. The van der Waals surface area contributed by atoms with Crippen molar-refractivity contribution < 1.29 is 9.53 Å². The second kappa shape index (κ2) is 10.3. The molecule has 4 rings (SSSR count). The summed E-state index contributed by atoms with van der Waals surface area (Å²) >= 11 is 0. The van der Waals surface area contributed by atoms with Crippen molar-refractivity contribution >= 4 is 5.91 Å². The Morgan fingerprint density at radius 2 is 1.03 bits per heavy atom. The van der Waals surface area contributed by atoms with Gasteiger partial charge in [0.25, 0.3) is 5.91 Å². The van der Waals surface area contributed by atoms with Crippen LogP contribution in [0.2, 0.25) is 0 Å². The molecule has 0 heterocycles. The van der Waals surface area contributed by atoms with Crippen molar-refractivity contribution in [3.63, 3.8) is 0 Å². The van der Waals surface area contributed by atoms with Crippen molar-refractivity contribution in [3.8, 4) is 5.75 Å². The van der Waals surface area contributed by atoms with Crippen LogP contribution in [0.3, 0.4) is 0 Å². The summed E-state index contributed by atoms with van der Waals surface area (Å²) in [6, 6.07) is 37.6. The molecule has 0 atom stereocenters. The van der Waals surface area contributed by atoms with E-state index in [2.05, 4.69) is 0 Å². The maximum Gasteiger partial charge on any atom is 0.258 e. The van der Waals surface area contributed by atoms with Crippen LogP contribution in [0.5, 0.6) is 5.75 Å². The number of carbonyl (C=O) groups is 1. The van der Waals surface area contributed by atoms with Crippen molar-refractivity contribution in [2.75, 3.05) is 0 Å². The molecule has 0 unspecified atom stereocenters. The smallest absolute Gasteiger partial charge is 0.258 e. The number of rotatable bonds is 8. The van der Waals surface area contributed by atoms with Crippen LogP contribution < -0.4 is 4.74 Å². The Balaban J connectivity index is 1.58. The molecule has 0 aliphatic carbocycles. The summed E-state index contributed by atoms with van der Waals surface area (Å²) < 4.78 is 6.05. The quantitative estimate of drug-likeness (QED) is 0.353. The lowest BCUT2D eigenvalue weighted by Gasteiger charge is -2.24. The second-order valence-electron chi connectivity index (χ2n) is 7.40. The van der Waals surface area contributed by atoms with Crippen LogP contribution in [-0.2, 0) is 19.7 Å². The van der Waals surface area contributed by atoms with Gasteiger partial charge in [0.05, 0.1) is 5.56 Å². The summed E-state index contributed by atoms with van der Waals surface area (Å²) in [5.74, 6) is 0.554. The van der Waals surface area contributed by atoms with E-state index in [1.165, 1.54) is 0 Å². The van der Waals surface area contributed by atoms with Crippen molar-refractivity contribution in [2.45, 2.75) is 19.7 Å². The van der Waals surface area contributed by atoms with Crippen molar-refractivity contribution in [1.29, 1.82) is 0 Å². The molecule has 0 spiro atoms. The Morgan fingerprint density at radius 3 is 1.58 bits per heavy atom. The number of amides is 1. The van der Waals surface area contributed by atoms with Gasteiger partial charge in [0, 0.05) is 13.1 Å². The number of para-hydroxylation sites is 1. The zero-order valence-corrected chi connectivity index (χ0v) is 17.4. The van der Waals surface area contributed by atoms with Gasteiger partial charge in [-0.2, -0.15) is 0 Å². The van der Waals surface area contributed by atoms with Crippen LogP contribution in [0.4, 0.5) is 0 Å². The van der Waals surface area contributed by atoms with Gasteiger partial charge in [0.2, 0.25) is 0 Å². The maximum absolute atomic E-state index is 13.6. The molecule has 0 aliphatic rings. The minimum Gasteiger partial charge on any atom is -0.488 e. The molecule has 4 aromatic rings. The van der Waals surface area contributed by atoms with E-state index in [0.29, 0.717) is 31.0 Å². The van der Waals surface area contributed by atoms with Gasteiger partial charge in [-0.25, -0.2) is 0 Å². The van der Waals surface area contributed by atoms with Crippen molar-refractivity contribution in [1.82, 2.24) is 4.90 Å². The molecule has 0 saturated heterocycles. The Labute approximate surface area is 183 Å². The number of carbonyl (C=O) groups excluding carboxylic acids is 1. The van der Waals surface area contributed by atoms with E-state index in [4.69, 9.17) is 4.74 Å². The molecule has 3 nitrogen and oxygen atoms in total. The molecule has 154 valence electrons. The normalized spacial score (nSPS) is 10.5. The van der Waals surface area contributed by atoms with Crippen LogP contribution >= 0.6 is 0 Å². The number of hydrogen-bond donors (Lipinski definition) is 0. The molecule has 0 N–H and O–H groups in total. The topological polar surface area (TPSA) is 29.5 Å². The number of benzene rings is 4. The van der Waals surface area contributed by atoms with Gasteiger partial charge in [-0.15, -0.1) is 0 Å². The standard InChI is InChI=1S/C28H25NO2/c30-28(26-18-10-11-19-27(26)31-22-25-16-8-3-9-17-25)29(20-23-12-4-1-5-13-23)21-24-14-6-2-7-15-24/h1-19H,20-22H2. The summed E-state index contributed by atoms with van der Waals surface area (Å²) in [5.41, 5.74) is 3.82. The first kappa shape index (κ1) is 20.4. The first-order valence-corrected chi connectivity index (χ1v) is 10.4. The van der Waals surface area contributed by atoms with Gasteiger partial charge in [0.15, 0.2) is 0 Å². The molecule has 1 amide bonds. The molecule has 0 bridgehead atoms. The molecule has 31 heavy (non-hydrogen) atoms. The summed E-state index contributed by atoms with van der Waals surface area (Å²) in [5, 5.41) is 0. The highest BCUT2D eigenvalue weighted by molar-refractivity contribution is 5.96. The molecular formula is C28H25NO2. The number of hydrogen-bond acceptors (Lipinski definition) is 2. The van der Waals surface area contributed by atoms with E-state index < -0.39 is 0 Å². The predicted octanol–water partition coefficient (Wildman–Crippen LogP) is 6.11. The first-order chi connectivity index (χ1) is 15.3. The molecular weight excluding hydrogens is 382 g/mol. The van der Waals surface area contributed by atoms with Gasteiger partial charge >= 0.3 is 0 Å². The molecule has 0 fully saturated rings. The summed E-state index contributed by atoms with van der Waals surface area (Å²) in [7, 11) is 0. The van der Waals surface area contributed by atoms with Crippen LogP contribution in [0.1, 0.15) is 27.0 Å². The predicted molar refractivity (Wildman–Crippen MR) is 124 cm³/mol. The fraction of sp³-hybridized carbons (Fsp3) is 0.107. The molecule has 0 aromatic heterocycles. The fourth-order valence-electron chi connectivity index (χ4n) is 3.48. The third-order valence-corrected chi connectivity index (χ3v) is 5.07. The molecule has 0 aliphatic heterocycles. The van der Waals surface area contributed by atoms with Crippen molar-refractivity contribution in [2.24, 2.45) is 0 Å². The zero-order valence-electron chi connectivity index (χ0n) is 17.4. The highest BCUT2D eigenvalue weighted by Gasteiger charge is 2.20. The van der Waals surface area contributed by atoms with Gasteiger partial charge in [-0.1, -0.05) is 103 Å². The first-order valence-electron chi connectivity index (χ1n) is 10.4. The number of ether oxygens (including phenoxy) is 1. The molecule has 3 heteroatoms. The van der Waals surface area contributed by atoms with E-state index in [0.717, 1.165) is 16.7 Å². The van der Waals surface area contributed by atoms with Gasteiger partial charge in [-0.05, 0) is 28.8 Å². The Hall–Kier alpha value is -3.85. The lowest BCUT2D eigenvalue weighted by Crippen LogP contribution is -2.30. The van der Waals surface area contributed by atoms with Crippen LogP contribution in [-0.4, -0.2) is 10.8 Å². The van der Waals surface area contributed by atoms with E-state index in [9.17, 15) is 4.79 Å². The summed E-state index contributed by atoms with van der Waals surface area (Å²) in [6.07, 6.45) is 0. The molecule has 0 radical (unpaired) electrons.